The number of allylic oxidation sites excluding steroid dienone is 3. The molecule has 0 rings (SSSR count). The molecule has 2 atom stereocenters. The van der Waals surface area contributed by atoms with Crippen molar-refractivity contribution < 1.29 is 19.0 Å². The van der Waals surface area contributed by atoms with Crippen LogP contribution in [0.25, 0.3) is 0 Å². The Bertz CT molecular complexity index is 491. The van der Waals surface area contributed by atoms with Crippen LogP contribution < -0.4 is 0 Å². The minimum Gasteiger partial charge on any atom is -0.481 e. The predicted octanol–water partition coefficient (Wildman–Crippen LogP) is 4.89. The quantitative estimate of drug-likeness (QED) is 0.153. The average Bonchev–Trinajstić information content (AvgIpc) is 2.60. The van der Waals surface area contributed by atoms with Crippen LogP contribution in [-0.4, -0.2) is 37.8 Å². The van der Waals surface area contributed by atoms with Crippen LogP contribution in [0.5, 0.6) is 0 Å². The summed E-state index contributed by atoms with van der Waals surface area (Å²) in [6.45, 7) is 2.18. The fourth-order valence-electron chi connectivity index (χ4n) is 2.67. The smallest absolute Gasteiger partial charge is 0.316 e. The van der Waals surface area contributed by atoms with Crippen LogP contribution in [0.3, 0.4) is 0 Å². The van der Waals surface area contributed by atoms with Gasteiger partial charge in [-0.05, 0) is 38.2 Å². The third-order valence-corrected chi connectivity index (χ3v) is 5.51. The number of nitro groups is 1. The maximum Gasteiger partial charge on any atom is 0.316 e. The van der Waals surface area contributed by atoms with Gasteiger partial charge < -0.3 is 5.11 Å². The third kappa shape index (κ3) is 17.7. The molecule has 7 heteroatoms. The van der Waals surface area contributed by atoms with Crippen molar-refractivity contribution in [2.75, 3.05) is 11.5 Å². The Balaban J connectivity index is 3.80. The van der Waals surface area contributed by atoms with Gasteiger partial charge in [-0.15, -0.1) is 0 Å². The fourth-order valence-corrected chi connectivity index (χ4v) is 3.62. The van der Waals surface area contributed by atoms with Crippen LogP contribution in [0.15, 0.2) is 24.3 Å². The molecular formula is C20H35NO5S. The van der Waals surface area contributed by atoms with Crippen molar-refractivity contribution in [2.45, 2.75) is 83.6 Å². The topological polar surface area (TPSA) is 97.5 Å². The van der Waals surface area contributed by atoms with E-state index in [2.05, 4.69) is 19.1 Å². The van der Waals surface area contributed by atoms with Gasteiger partial charge in [0.05, 0.1) is 0 Å². The molecule has 1 N–H and O–H groups in total. The Morgan fingerprint density at radius 3 is 2.44 bits per heavy atom. The number of hydrogen-bond donors (Lipinski definition) is 1. The molecule has 0 aliphatic heterocycles. The molecule has 0 bridgehead atoms. The van der Waals surface area contributed by atoms with Gasteiger partial charge >= 0.3 is 5.97 Å². The molecule has 0 fully saturated rings. The Labute approximate surface area is 165 Å². The van der Waals surface area contributed by atoms with Crippen LogP contribution in [0.1, 0.15) is 77.6 Å². The number of carboxylic acids is 1. The standard InChI is InChI=1S/C20H35NO5S/c1-2-3-4-5-6-7-9-12-15-19(21(24)25)16-13-10-8-11-14-17-27(26)18-20(22)23/h6-7,12,15,19H,2-5,8-11,13-14,16-18H2,1H3,(H,22,23)/b7-6+,15-12+. The molecule has 0 radical (unpaired) electrons. The molecule has 2 unspecified atom stereocenters. The summed E-state index contributed by atoms with van der Waals surface area (Å²) in [7, 11) is -1.28. The van der Waals surface area contributed by atoms with Gasteiger partial charge in [-0.1, -0.05) is 57.3 Å². The summed E-state index contributed by atoms with van der Waals surface area (Å²) < 4.78 is 11.4. The molecule has 27 heavy (non-hydrogen) atoms. The molecule has 0 aromatic carbocycles. The summed E-state index contributed by atoms with van der Waals surface area (Å²) in [5, 5.41) is 19.7. The summed E-state index contributed by atoms with van der Waals surface area (Å²) in [4.78, 5) is 21.3. The summed E-state index contributed by atoms with van der Waals surface area (Å²) in [5.41, 5.74) is 0. The first-order valence-corrected chi connectivity index (χ1v) is 11.5. The zero-order valence-electron chi connectivity index (χ0n) is 16.5. The molecule has 0 spiro atoms. The van der Waals surface area contributed by atoms with E-state index in [1.807, 2.05) is 6.08 Å². The van der Waals surface area contributed by atoms with Gasteiger partial charge in [0.1, 0.15) is 5.75 Å². The maximum atomic E-state index is 11.4. The number of unbranched alkanes of at least 4 members (excludes halogenated alkanes) is 7. The van der Waals surface area contributed by atoms with Gasteiger partial charge in [0.25, 0.3) is 0 Å². The number of aliphatic carboxylic acids is 1. The lowest BCUT2D eigenvalue weighted by Crippen LogP contribution is -2.16. The van der Waals surface area contributed by atoms with Crippen molar-refractivity contribution in [1.82, 2.24) is 0 Å². The van der Waals surface area contributed by atoms with E-state index in [0.29, 0.717) is 12.2 Å². The number of carboxylic acid groups (broad SMARTS) is 1. The Morgan fingerprint density at radius 2 is 1.78 bits per heavy atom. The van der Waals surface area contributed by atoms with Gasteiger partial charge in [0, 0.05) is 27.9 Å². The van der Waals surface area contributed by atoms with Crippen molar-refractivity contribution in [3.8, 4) is 0 Å². The lowest BCUT2D eigenvalue weighted by molar-refractivity contribution is -0.510. The highest BCUT2D eigenvalue weighted by Gasteiger charge is 2.14. The molecule has 6 nitrogen and oxygen atoms in total. The van der Waals surface area contributed by atoms with Crippen LogP contribution in [0.2, 0.25) is 0 Å². The first kappa shape index (κ1) is 25.5. The lowest BCUT2D eigenvalue weighted by atomic mass is 10.1. The van der Waals surface area contributed by atoms with E-state index in [9.17, 15) is 19.1 Å². The van der Waals surface area contributed by atoms with Crippen LogP contribution in [0, 0.1) is 10.1 Å². The van der Waals surface area contributed by atoms with Crippen LogP contribution >= 0.6 is 0 Å². The minimum absolute atomic E-state index is 0.226. The monoisotopic (exact) mass is 401 g/mol. The molecule has 0 saturated carbocycles. The second-order valence-electron chi connectivity index (χ2n) is 6.72. The molecule has 0 aromatic rings. The van der Waals surface area contributed by atoms with Crippen molar-refractivity contribution >= 4 is 16.8 Å². The van der Waals surface area contributed by atoms with Gasteiger partial charge in [-0.2, -0.15) is 0 Å². The normalized spacial score (nSPS) is 14.0. The van der Waals surface area contributed by atoms with E-state index in [1.165, 1.54) is 19.3 Å². The highest BCUT2D eigenvalue weighted by Crippen LogP contribution is 2.11. The maximum absolute atomic E-state index is 11.4. The summed E-state index contributed by atoms with van der Waals surface area (Å²) in [5.74, 6) is -0.900. The largest absolute Gasteiger partial charge is 0.481 e. The van der Waals surface area contributed by atoms with Crippen LogP contribution in [-0.2, 0) is 15.6 Å². The van der Waals surface area contributed by atoms with Gasteiger partial charge in [0.2, 0.25) is 6.04 Å². The van der Waals surface area contributed by atoms with E-state index in [-0.39, 0.29) is 10.7 Å². The summed E-state index contributed by atoms with van der Waals surface area (Å²) >= 11 is 0. The van der Waals surface area contributed by atoms with Crippen molar-refractivity contribution in [2.24, 2.45) is 0 Å². The number of nitrogens with zero attached hydrogens (tertiary/aromatic N) is 1. The Morgan fingerprint density at radius 1 is 1.07 bits per heavy atom. The molecule has 0 saturated heterocycles. The first-order valence-electron chi connectivity index (χ1n) is 9.99. The van der Waals surface area contributed by atoms with Gasteiger partial charge in [-0.3, -0.25) is 19.1 Å². The van der Waals surface area contributed by atoms with E-state index in [1.54, 1.807) is 6.08 Å². The summed E-state index contributed by atoms with van der Waals surface area (Å²) in [6, 6.07) is -0.624. The Kier molecular flexibility index (Phi) is 16.9. The fraction of sp³-hybridized carbons (Fsp3) is 0.750. The molecule has 0 aromatic heterocycles. The average molecular weight is 402 g/mol. The zero-order valence-corrected chi connectivity index (χ0v) is 17.3. The van der Waals surface area contributed by atoms with E-state index < -0.39 is 22.8 Å². The molecular weight excluding hydrogens is 366 g/mol. The second kappa shape index (κ2) is 17.9. The van der Waals surface area contributed by atoms with Crippen molar-refractivity contribution in [3.63, 3.8) is 0 Å². The molecule has 0 heterocycles. The lowest BCUT2D eigenvalue weighted by Gasteiger charge is -2.05. The number of rotatable bonds is 18. The molecule has 0 aliphatic carbocycles. The Hall–Kier alpha value is -1.50. The van der Waals surface area contributed by atoms with Crippen molar-refractivity contribution in [3.05, 3.63) is 34.4 Å². The highest BCUT2D eigenvalue weighted by molar-refractivity contribution is 7.85. The zero-order chi connectivity index (χ0) is 20.3. The third-order valence-electron chi connectivity index (χ3n) is 4.20. The van der Waals surface area contributed by atoms with Gasteiger partial charge in [-0.25, -0.2) is 0 Å². The van der Waals surface area contributed by atoms with Crippen molar-refractivity contribution in [1.29, 1.82) is 0 Å². The first-order chi connectivity index (χ1) is 13.0. The predicted molar refractivity (Wildman–Crippen MR) is 111 cm³/mol. The number of hydrogen-bond acceptors (Lipinski definition) is 4. The van der Waals surface area contributed by atoms with E-state index >= 15 is 0 Å². The molecule has 156 valence electrons. The number of carbonyl (C=O) groups is 1. The summed E-state index contributed by atoms with van der Waals surface area (Å²) in [6.07, 6.45) is 18.0. The van der Waals surface area contributed by atoms with Gasteiger partial charge in [0.15, 0.2) is 0 Å². The molecule has 0 amide bonds. The molecule has 0 aliphatic rings. The second-order valence-corrected chi connectivity index (χ2v) is 8.30. The van der Waals surface area contributed by atoms with E-state index in [4.69, 9.17) is 5.11 Å². The van der Waals surface area contributed by atoms with E-state index in [0.717, 1.165) is 44.9 Å². The van der Waals surface area contributed by atoms with Crippen LogP contribution in [0.4, 0.5) is 0 Å². The SMILES string of the molecule is CCCCC/C=C/C/C=C/C(CCCCCCCS(=O)CC(=O)O)[N+](=O)[O-]. The minimum atomic E-state index is -1.28. The highest BCUT2D eigenvalue weighted by atomic mass is 32.2.